The third-order valence-corrected chi connectivity index (χ3v) is 4.90. The number of amides is 1. The Morgan fingerprint density at radius 3 is 2.35 bits per heavy atom. The maximum atomic E-state index is 12.5. The Balaban J connectivity index is 2.09. The fraction of sp³-hybridized carbons (Fsp3) is 0.348. The van der Waals surface area contributed by atoms with Gasteiger partial charge in [0, 0.05) is 17.4 Å². The van der Waals surface area contributed by atoms with Crippen molar-refractivity contribution in [3.63, 3.8) is 0 Å². The van der Waals surface area contributed by atoms with Gasteiger partial charge in [-0.05, 0) is 49.9 Å². The predicted molar refractivity (Wildman–Crippen MR) is 121 cm³/mol. The number of carbonyl (C=O) groups is 3. The van der Waals surface area contributed by atoms with Gasteiger partial charge in [-0.3, -0.25) is 9.59 Å². The number of thioether (sulfide) groups is 1. The smallest absolute Gasteiger partial charge is 0.338 e. The van der Waals surface area contributed by atoms with Crippen molar-refractivity contribution in [3.05, 3.63) is 47.5 Å². The quantitative estimate of drug-likeness (QED) is 0.307. The molecule has 0 unspecified atom stereocenters. The van der Waals surface area contributed by atoms with E-state index in [2.05, 4.69) is 5.32 Å². The number of ketones is 1. The highest BCUT2D eigenvalue weighted by Crippen LogP contribution is 2.29. The Morgan fingerprint density at radius 2 is 1.71 bits per heavy atom. The Labute approximate surface area is 186 Å². The third-order valence-electron chi connectivity index (χ3n) is 4.11. The number of anilines is 1. The molecule has 2 rings (SSSR count). The van der Waals surface area contributed by atoms with Gasteiger partial charge in [0.2, 0.25) is 5.91 Å². The summed E-state index contributed by atoms with van der Waals surface area (Å²) >= 11 is 1.45. The second-order valence-corrected chi connectivity index (χ2v) is 7.39. The first-order valence-corrected chi connectivity index (χ1v) is 11.2. The minimum Gasteiger partial charge on any atom is -0.490 e. The minimum absolute atomic E-state index is 0.234. The largest absolute Gasteiger partial charge is 0.490 e. The zero-order valence-corrected chi connectivity index (χ0v) is 19.0. The van der Waals surface area contributed by atoms with E-state index in [1.165, 1.54) is 18.7 Å². The molecule has 31 heavy (non-hydrogen) atoms. The first-order chi connectivity index (χ1) is 14.9. The molecule has 0 aliphatic heterocycles. The Bertz CT molecular complexity index is 944. The fourth-order valence-corrected chi connectivity index (χ4v) is 3.24. The van der Waals surface area contributed by atoms with Crippen molar-refractivity contribution in [2.24, 2.45) is 0 Å². The molecule has 0 aliphatic rings. The van der Waals surface area contributed by atoms with Gasteiger partial charge in [-0.1, -0.05) is 13.0 Å². The summed E-state index contributed by atoms with van der Waals surface area (Å²) in [6, 6.07) is 9.73. The van der Waals surface area contributed by atoms with E-state index in [0.29, 0.717) is 36.0 Å². The summed E-state index contributed by atoms with van der Waals surface area (Å²) in [6.07, 6.45) is 2.72. The lowest BCUT2D eigenvalue weighted by Crippen LogP contribution is -2.15. The maximum absolute atomic E-state index is 12.5. The summed E-state index contributed by atoms with van der Waals surface area (Å²) in [6.45, 7) is 5.77. The summed E-state index contributed by atoms with van der Waals surface area (Å²) in [5.41, 5.74) is 1.14. The van der Waals surface area contributed by atoms with Gasteiger partial charge < -0.3 is 19.5 Å². The topological polar surface area (TPSA) is 90.9 Å². The number of benzene rings is 2. The first kappa shape index (κ1) is 24.3. The molecule has 1 amide bonds. The SMILES string of the molecule is CCCOc1ccc(C(=O)OCC(=O)c2ccc(SC)c(NC(C)=O)c2)cc1OCC. The van der Waals surface area contributed by atoms with Crippen LogP contribution in [0.5, 0.6) is 11.5 Å². The van der Waals surface area contributed by atoms with Crippen LogP contribution < -0.4 is 14.8 Å². The van der Waals surface area contributed by atoms with Crippen LogP contribution in [-0.2, 0) is 9.53 Å². The molecule has 7 nitrogen and oxygen atoms in total. The molecule has 0 fully saturated rings. The molecular weight excluding hydrogens is 418 g/mol. The number of nitrogens with one attached hydrogen (secondary N) is 1. The average molecular weight is 446 g/mol. The van der Waals surface area contributed by atoms with Crippen molar-refractivity contribution in [3.8, 4) is 11.5 Å². The molecule has 0 aromatic heterocycles. The van der Waals surface area contributed by atoms with Gasteiger partial charge in [0.1, 0.15) is 0 Å². The second kappa shape index (κ2) is 12.0. The zero-order valence-electron chi connectivity index (χ0n) is 18.2. The molecule has 0 radical (unpaired) electrons. The standard InChI is InChI=1S/C23H27NO6S/c1-5-11-29-20-9-7-17(13-21(20)28-6-2)23(27)30-14-19(26)16-8-10-22(31-4)18(12-16)24-15(3)25/h7-10,12-13H,5-6,11,14H2,1-4H3,(H,24,25). The van der Waals surface area contributed by atoms with E-state index < -0.39 is 12.6 Å². The van der Waals surface area contributed by atoms with E-state index in [1.807, 2.05) is 20.1 Å². The fourth-order valence-electron chi connectivity index (χ4n) is 2.70. The number of hydrogen-bond acceptors (Lipinski definition) is 7. The number of carbonyl (C=O) groups excluding carboxylic acids is 3. The second-order valence-electron chi connectivity index (χ2n) is 6.54. The normalized spacial score (nSPS) is 10.3. The molecular formula is C23H27NO6S. The third kappa shape index (κ3) is 7.03. The van der Waals surface area contributed by atoms with Crippen LogP contribution in [-0.4, -0.2) is 43.7 Å². The summed E-state index contributed by atoms with van der Waals surface area (Å²) < 4.78 is 16.4. The van der Waals surface area contributed by atoms with Crippen LogP contribution in [0.2, 0.25) is 0 Å². The van der Waals surface area contributed by atoms with E-state index >= 15 is 0 Å². The van der Waals surface area contributed by atoms with Crippen LogP contribution in [0.25, 0.3) is 0 Å². The Morgan fingerprint density at radius 1 is 0.968 bits per heavy atom. The lowest BCUT2D eigenvalue weighted by atomic mass is 10.1. The molecule has 0 saturated heterocycles. The number of hydrogen-bond donors (Lipinski definition) is 1. The van der Waals surface area contributed by atoms with Crippen LogP contribution in [0.4, 0.5) is 5.69 Å². The van der Waals surface area contributed by atoms with Gasteiger partial charge in [-0.2, -0.15) is 0 Å². The van der Waals surface area contributed by atoms with Crippen LogP contribution in [0, 0.1) is 0 Å². The van der Waals surface area contributed by atoms with Gasteiger partial charge in [0.05, 0.1) is 24.5 Å². The number of Topliss-reactive ketones (excluding diaryl/α,β-unsaturated/α-hetero) is 1. The number of rotatable bonds is 11. The van der Waals surface area contributed by atoms with Gasteiger partial charge in [0.15, 0.2) is 23.9 Å². The lowest BCUT2D eigenvalue weighted by molar-refractivity contribution is -0.114. The Kier molecular flexibility index (Phi) is 9.40. The molecule has 0 atom stereocenters. The van der Waals surface area contributed by atoms with Crippen molar-refractivity contribution in [2.45, 2.75) is 32.1 Å². The summed E-state index contributed by atoms with van der Waals surface area (Å²) in [4.78, 5) is 37.2. The molecule has 1 N–H and O–H groups in total. The Hall–Kier alpha value is -3.00. The number of esters is 1. The first-order valence-electron chi connectivity index (χ1n) is 9.95. The summed E-state index contributed by atoms with van der Waals surface area (Å²) in [5.74, 6) is -0.248. The highest BCUT2D eigenvalue weighted by molar-refractivity contribution is 7.98. The highest BCUT2D eigenvalue weighted by Gasteiger charge is 2.16. The van der Waals surface area contributed by atoms with E-state index in [1.54, 1.807) is 36.4 Å². The molecule has 2 aromatic rings. The lowest BCUT2D eigenvalue weighted by Gasteiger charge is -2.13. The molecule has 0 aliphatic carbocycles. The van der Waals surface area contributed by atoms with Crippen LogP contribution in [0.1, 0.15) is 47.9 Å². The van der Waals surface area contributed by atoms with Crippen LogP contribution >= 0.6 is 11.8 Å². The van der Waals surface area contributed by atoms with Crippen LogP contribution in [0.3, 0.4) is 0 Å². The van der Waals surface area contributed by atoms with Crippen molar-refractivity contribution in [1.82, 2.24) is 0 Å². The maximum Gasteiger partial charge on any atom is 0.338 e. The summed E-state index contributed by atoms with van der Waals surface area (Å²) in [7, 11) is 0. The monoisotopic (exact) mass is 445 g/mol. The molecule has 0 spiro atoms. The summed E-state index contributed by atoms with van der Waals surface area (Å²) in [5, 5.41) is 2.70. The van der Waals surface area contributed by atoms with Gasteiger partial charge in [-0.15, -0.1) is 11.8 Å². The molecule has 2 aromatic carbocycles. The van der Waals surface area contributed by atoms with Gasteiger partial charge >= 0.3 is 5.97 Å². The van der Waals surface area contributed by atoms with Gasteiger partial charge in [-0.25, -0.2) is 4.79 Å². The van der Waals surface area contributed by atoms with Crippen molar-refractivity contribution < 1.29 is 28.6 Å². The molecule has 0 bridgehead atoms. The van der Waals surface area contributed by atoms with Crippen molar-refractivity contribution in [2.75, 3.05) is 31.4 Å². The van der Waals surface area contributed by atoms with Gasteiger partial charge in [0.25, 0.3) is 0 Å². The van der Waals surface area contributed by atoms with E-state index in [4.69, 9.17) is 14.2 Å². The molecule has 0 heterocycles. The van der Waals surface area contributed by atoms with Crippen LogP contribution in [0.15, 0.2) is 41.3 Å². The average Bonchev–Trinajstić information content (AvgIpc) is 2.76. The molecule has 8 heteroatoms. The minimum atomic E-state index is -0.640. The molecule has 0 saturated carbocycles. The van der Waals surface area contributed by atoms with Crippen molar-refractivity contribution >= 4 is 35.1 Å². The van der Waals surface area contributed by atoms with Crippen molar-refractivity contribution in [1.29, 1.82) is 0 Å². The predicted octanol–water partition coefficient (Wildman–Crippen LogP) is 4.59. The van der Waals surface area contributed by atoms with E-state index in [0.717, 1.165) is 11.3 Å². The van der Waals surface area contributed by atoms with E-state index in [-0.39, 0.29) is 17.3 Å². The number of ether oxygens (including phenoxy) is 3. The van der Waals surface area contributed by atoms with E-state index in [9.17, 15) is 14.4 Å². The highest BCUT2D eigenvalue weighted by atomic mass is 32.2. The zero-order chi connectivity index (χ0) is 22.8. The molecule has 166 valence electrons.